The minimum Gasteiger partial charge on any atom is -0.462 e. The standard InChI is InChI=1S/C72H140O17P2/c1-6-9-12-15-18-21-24-27-28-30-33-36-43-48-53-58-72(77)88-67(61-82-69(74)55-50-45-40-34-32-29-25-22-19-16-13-10-7-2)63-86-90(78,79)84-59-66(73)60-85-91(80,81)87-64-68(62-83-70(75)56-51-46-41-38-37-39-44-49-54-65(4)5)89-71(76)57-52-47-42-35-31-26-23-20-17-14-11-8-3/h65-68,73H,6-64H2,1-5H3,(H,78,79)(H,80,81)/t66-,67-,68-/m1/s1. The minimum absolute atomic E-state index is 0.107. The molecule has 0 aliphatic rings. The Kier molecular flexibility index (Phi) is 64.0. The van der Waals surface area contributed by atoms with Crippen LogP contribution in [0.25, 0.3) is 0 Å². The van der Waals surface area contributed by atoms with Crippen molar-refractivity contribution in [2.45, 2.75) is 393 Å². The second kappa shape index (κ2) is 65.4. The predicted octanol–water partition coefficient (Wildman–Crippen LogP) is 20.9. The fourth-order valence-electron chi connectivity index (χ4n) is 11.0. The molecule has 0 aromatic rings. The fourth-order valence-corrected chi connectivity index (χ4v) is 12.6. The summed E-state index contributed by atoms with van der Waals surface area (Å²) in [6.07, 6.45) is 52.6. The number of aliphatic hydroxyl groups excluding tert-OH is 1. The van der Waals surface area contributed by atoms with Crippen molar-refractivity contribution in [1.29, 1.82) is 0 Å². The molecule has 2 unspecified atom stereocenters. The van der Waals surface area contributed by atoms with Crippen LogP contribution in [0.2, 0.25) is 0 Å². The summed E-state index contributed by atoms with van der Waals surface area (Å²) in [5, 5.41) is 10.6. The minimum atomic E-state index is -4.95. The van der Waals surface area contributed by atoms with E-state index in [2.05, 4.69) is 34.6 Å². The lowest BCUT2D eigenvalue weighted by molar-refractivity contribution is -0.161. The molecule has 0 aromatic heterocycles. The Morgan fingerprint density at radius 2 is 0.505 bits per heavy atom. The Hall–Kier alpha value is -1.94. The Morgan fingerprint density at radius 3 is 0.747 bits per heavy atom. The van der Waals surface area contributed by atoms with E-state index in [0.29, 0.717) is 25.7 Å². The molecule has 91 heavy (non-hydrogen) atoms. The number of hydrogen-bond donors (Lipinski definition) is 3. The zero-order chi connectivity index (χ0) is 67.0. The summed E-state index contributed by atoms with van der Waals surface area (Å²) in [4.78, 5) is 72.6. The molecule has 0 aliphatic carbocycles. The van der Waals surface area contributed by atoms with E-state index in [9.17, 15) is 43.2 Å². The van der Waals surface area contributed by atoms with E-state index in [1.807, 2.05) is 0 Å². The lowest BCUT2D eigenvalue weighted by atomic mass is 10.0. The van der Waals surface area contributed by atoms with Crippen molar-refractivity contribution in [2.24, 2.45) is 5.92 Å². The van der Waals surface area contributed by atoms with Crippen molar-refractivity contribution in [2.75, 3.05) is 39.6 Å². The van der Waals surface area contributed by atoms with Crippen molar-refractivity contribution >= 4 is 39.5 Å². The van der Waals surface area contributed by atoms with Gasteiger partial charge in [0, 0.05) is 25.7 Å². The highest BCUT2D eigenvalue weighted by Crippen LogP contribution is 2.45. The Labute approximate surface area is 556 Å². The van der Waals surface area contributed by atoms with Gasteiger partial charge in [-0.15, -0.1) is 0 Å². The molecule has 0 radical (unpaired) electrons. The second-order valence-corrected chi connectivity index (χ2v) is 29.4. The van der Waals surface area contributed by atoms with Crippen molar-refractivity contribution in [1.82, 2.24) is 0 Å². The number of phosphoric acid groups is 2. The van der Waals surface area contributed by atoms with Crippen LogP contribution >= 0.6 is 15.6 Å². The van der Waals surface area contributed by atoms with Gasteiger partial charge in [0.25, 0.3) is 0 Å². The summed E-state index contributed by atoms with van der Waals surface area (Å²) >= 11 is 0. The lowest BCUT2D eigenvalue weighted by Gasteiger charge is -2.21. The first kappa shape index (κ1) is 89.1. The maximum Gasteiger partial charge on any atom is 0.472 e. The number of phosphoric ester groups is 2. The van der Waals surface area contributed by atoms with Crippen molar-refractivity contribution in [3.8, 4) is 0 Å². The smallest absolute Gasteiger partial charge is 0.462 e. The van der Waals surface area contributed by atoms with E-state index in [-0.39, 0.29) is 25.7 Å². The van der Waals surface area contributed by atoms with Gasteiger partial charge in [-0.2, -0.15) is 0 Å². The first-order valence-electron chi connectivity index (χ1n) is 37.6. The molecule has 0 amide bonds. The molecule has 0 saturated heterocycles. The third-order valence-electron chi connectivity index (χ3n) is 16.8. The average Bonchev–Trinajstić information content (AvgIpc) is 3.72. The number of unbranched alkanes of at least 4 members (excludes halogenated alkanes) is 44. The van der Waals surface area contributed by atoms with Crippen molar-refractivity contribution in [3.05, 3.63) is 0 Å². The highest BCUT2D eigenvalue weighted by molar-refractivity contribution is 7.47. The van der Waals surface area contributed by atoms with Gasteiger partial charge in [-0.3, -0.25) is 37.3 Å². The summed E-state index contributed by atoms with van der Waals surface area (Å²) in [5.74, 6) is -1.39. The quantitative estimate of drug-likeness (QED) is 0.0222. The van der Waals surface area contributed by atoms with Gasteiger partial charge in [-0.1, -0.05) is 324 Å². The zero-order valence-electron chi connectivity index (χ0n) is 59.0. The van der Waals surface area contributed by atoms with E-state index in [4.69, 9.17) is 37.0 Å². The molecule has 0 aromatic carbocycles. The molecule has 0 saturated carbocycles. The molecule has 0 spiro atoms. The van der Waals surface area contributed by atoms with Crippen LogP contribution in [-0.4, -0.2) is 96.7 Å². The molecule has 17 nitrogen and oxygen atoms in total. The van der Waals surface area contributed by atoms with Crippen LogP contribution in [0, 0.1) is 5.92 Å². The van der Waals surface area contributed by atoms with Crippen LogP contribution < -0.4 is 0 Å². The first-order valence-corrected chi connectivity index (χ1v) is 40.6. The Balaban J connectivity index is 5.25. The van der Waals surface area contributed by atoms with Crippen LogP contribution in [-0.2, 0) is 65.4 Å². The summed E-state index contributed by atoms with van der Waals surface area (Å²) in [7, 11) is -9.90. The van der Waals surface area contributed by atoms with Crippen LogP contribution in [0.3, 0.4) is 0 Å². The number of esters is 4. The average molecular weight is 1340 g/mol. The Morgan fingerprint density at radius 1 is 0.297 bits per heavy atom. The third-order valence-corrected chi connectivity index (χ3v) is 18.7. The maximum atomic E-state index is 13.0. The van der Waals surface area contributed by atoms with E-state index in [1.54, 1.807) is 0 Å². The van der Waals surface area contributed by atoms with E-state index >= 15 is 0 Å². The third kappa shape index (κ3) is 66.5. The van der Waals surface area contributed by atoms with Crippen molar-refractivity contribution in [3.63, 3.8) is 0 Å². The van der Waals surface area contributed by atoms with Gasteiger partial charge in [0.2, 0.25) is 0 Å². The van der Waals surface area contributed by atoms with E-state index in [1.165, 1.54) is 199 Å². The van der Waals surface area contributed by atoms with Crippen LogP contribution in [0.4, 0.5) is 0 Å². The number of rotatable bonds is 72. The molecule has 0 fully saturated rings. The molecule has 0 aliphatic heterocycles. The number of carbonyl (C=O) groups excluding carboxylic acids is 4. The fraction of sp³-hybridized carbons (Fsp3) is 0.944. The topological polar surface area (TPSA) is 237 Å². The molecule has 540 valence electrons. The van der Waals surface area contributed by atoms with Gasteiger partial charge in [-0.05, 0) is 31.6 Å². The largest absolute Gasteiger partial charge is 0.472 e. The Bertz CT molecular complexity index is 1750. The summed E-state index contributed by atoms with van der Waals surface area (Å²) in [6, 6.07) is 0. The highest BCUT2D eigenvalue weighted by atomic mass is 31.2. The molecular formula is C72H140O17P2. The van der Waals surface area contributed by atoms with Crippen molar-refractivity contribution < 1.29 is 80.2 Å². The monoisotopic (exact) mass is 1340 g/mol. The highest BCUT2D eigenvalue weighted by Gasteiger charge is 2.30. The molecule has 0 heterocycles. The number of aliphatic hydroxyl groups is 1. The molecule has 19 heteroatoms. The normalized spacial score (nSPS) is 14.0. The SMILES string of the molecule is CCCCCCCCCCCCCCCCCC(=O)O[C@H](COC(=O)CCCCCCCCCCCCCCC)COP(=O)(O)OC[C@@H](O)COP(=O)(O)OC[C@@H](COC(=O)CCCCCCCCCCC(C)C)OC(=O)CCCCCCCCCCCCCC. The summed E-state index contributed by atoms with van der Waals surface area (Å²) < 4.78 is 68.4. The zero-order valence-corrected chi connectivity index (χ0v) is 60.8. The number of ether oxygens (including phenoxy) is 4. The van der Waals surface area contributed by atoms with E-state index in [0.717, 1.165) is 95.8 Å². The lowest BCUT2D eigenvalue weighted by Crippen LogP contribution is -2.30. The maximum absolute atomic E-state index is 13.0. The summed E-state index contributed by atoms with van der Waals surface area (Å²) in [5.41, 5.74) is 0. The van der Waals surface area contributed by atoms with E-state index < -0.39 is 97.5 Å². The predicted molar refractivity (Wildman–Crippen MR) is 368 cm³/mol. The second-order valence-electron chi connectivity index (χ2n) is 26.5. The molecule has 5 atom stereocenters. The molecule has 0 bridgehead atoms. The van der Waals surface area contributed by atoms with Gasteiger partial charge in [0.15, 0.2) is 12.2 Å². The van der Waals surface area contributed by atoms with Gasteiger partial charge in [0.05, 0.1) is 26.4 Å². The molecular weight excluding hydrogens is 1200 g/mol. The number of carbonyl (C=O) groups is 4. The summed E-state index contributed by atoms with van der Waals surface area (Å²) in [6.45, 7) is 7.24. The van der Waals surface area contributed by atoms with Crippen LogP contribution in [0.1, 0.15) is 375 Å². The van der Waals surface area contributed by atoms with Gasteiger partial charge in [-0.25, -0.2) is 9.13 Å². The molecule has 3 N–H and O–H groups in total. The van der Waals surface area contributed by atoms with Gasteiger partial charge >= 0.3 is 39.5 Å². The van der Waals surface area contributed by atoms with Crippen LogP contribution in [0.5, 0.6) is 0 Å². The molecule has 0 rings (SSSR count). The first-order chi connectivity index (χ1) is 44.0. The number of hydrogen-bond acceptors (Lipinski definition) is 15. The van der Waals surface area contributed by atoms with Gasteiger partial charge < -0.3 is 33.8 Å². The van der Waals surface area contributed by atoms with Crippen LogP contribution in [0.15, 0.2) is 0 Å². The van der Waals surface area contributed by atoms with Gasteiger partial charge in [0.1, 0.15) is 19.3 Å².